The molecule has 1 fully saturated rings. The lowest BCUT2D eigenvalue weighted by atomic mass is 10.1. The Bertz CT molecular complexity index is 634. The zero-order valence-corrected chi connectivity index (χ0v) is 12.8. The number of carbonyl (C=O) groups excluding carboxylic acids is 1. The van der Waals surface area contributed by atoms with Crippen LogP contribution in [0.2, 0.25) is 0 Å². The Morgan fingerprint density at radius 1 is 1.33 bits per heavy atom. The highest BCUT2D eigenvalue weighted by Gasteiger charge is 2.13. The number of nitrogens with two attached hydrogens (primary N) is 1. The number of aromatic nitrogens is 1. The summed E-state index contributed by atoms with van der Waals surface area (Å²) in [5, 5.41) is 3.54. The van der Waals surface area contributed by atoms with Crippen molar-refractivity contribution in [1.29, 1.82) is 0 Å². The maximum atomic E-state index is 12.0. The number of hydrogen-bond donors (Lipinski definition) is 2. The molecule has 1 aromatic carbocycles. The van der Waals surface area contributed by atoms with Gasteiger partial charge in [-0.2, -0.15) is 0 Å². The standard InChI is InChI=1S/C15H20N4OS/c16-11-4-5-12-13(10-11)21-15(17-12)18-14(20)6-9-19-7-2-1-3-8-19/h4-5,10H,1-3,6-9,16H2,(H,17,18,20). The van der Waals surface area contributed by atoms with E-state index in [1.807, 2.05) is 18.2 Å². The average Bonchev–Trinajstić information content (AvgIpc) is 2.87. The van der Waals surface area contributed by atoms with E-state index in [2.05, 4.69) is 15.2 Å². The van der Waals surface area contributed by atoms with Crippen LogP contribution in [0.15, 0.2) is 18.2 Å². The first-order chi connectivity index (χ1) is 10.2. The molecule has 1 aliphatic rings. The molecule has 1 aromatic heterocycles. The SMILES string of the molecule is Nc1ccc2nc(NC(=O)CCN3CCCCC3)sc2c1. The van der Waals surface area contributed by atoms with Crippen molar-refractivity contribution < 1.29 is 4.79 Å². The topological polar surface area (TPSA) is 71.2 Å². The van der Waals surface area contributed by atoms with Crippen molar-refractivity contribution in [1.82, 2.24) is 9.88 Å². The van der Waals surface area contributed by atoms with E-state index in [1.54, 1.807) is 0 Å². The molecule has 0 spiro atoms. The third-order valence-corrected chi connectivity index (χ3v) is 4.70. The van der Waals surface area contributed by atoms with Crippen LogP contribution in [0, 0.1) is 0 Å². The number of anilines is 2. The van der Waals surface area contributed by atoms with E-state index in [4.69, 9.17) is 5.73 Å². The number of thiazole rings is 1. The molecule has 2 aromatic rings. The quantitative estimate of drug-likeness (QED) is 0.852. The minimum atomic E-state index is 0.0348. The van der Waals surface area contributed by atoms with Crippen LogP contribution in [0.25, 0.3) is 10.2 Å². The Balaban J connectivity index is 1.55. The van der Waals surface area contributed by atoms with Crippen LogP contribution in [0.4, 0.5) is 10.8 Å². The lowest BCUT2D eigenvalue weighted by molar-refractivity contribution is -0.116. The van der Waals surface area contributed by atoms with Gasteiger partial charge in [0.1, 0.15) is 0 Å². The zero-order chi connectivity index (χ0) is 14.7. The molecule has 0 unspecified atom stereocenters. The zero-order valence-electron chi connectivity index (χ0n) is 12.0. The van der Waals surface area contributed by atoms with E-state index >= 15 is 0 Å². The summed E-state index contributed by atoms with van der Waals surface area (Å²) in [6.07, 6.45) is 4.34. The summed E-state index contributed by atoms with van der Waals surface area (Å²) in [6.45, 7) is 3.07. The molecule has 3 rings (SSSR count). The van der Waals surface area contributed by atoms with Gasteiger partial charge in [-0.05, 0) is 44.1 Å². The molecule has 112 valence electrons. The fourth-order valence-electron chi connectivity index (χ4n) is 2.62. The molecule has 3 N–H and O–H groups in total. The number of hydrogen-bond acceptors (Lipinski definition) is 5. The number of fused-ring (bicyclic) bond motifs is 1. The molecule has 0 aliphatic carbocycles. The first kappa shape index (κ1) is 14.3. The van der Waals surface area contributed by atoms with Crippen molar-refractivity contribution in [2.45, 2.75) is 25.7 Å². The molecular formula is C15H20N4OS. The van der Waals surface area contributed by atoms with Gasteiger partial charge in [0.05, 0.1) is 10.2 Å². The van der Waals surface area contributed by atoms with E-state index in [0.29, 0.717) is 17.2 Å². The van der Waals surface area contributed by atoms with Gasteiger partial charge in [-0.3, -0.25) is 4.79 Å². The molecule has 21 heavy (non-hydrogen) atoms. The molecule has 0 saturated carbocycles. The third-order valence-electron chi connectivity index (χ3n) is 3.76. The fourth-order valence-corrected chi connectivity index (χ4v) is 3.55. The predicted molar refractivity (Wildman–Crippen MR) is 87.6 cm³/mol. The lowest BCUT2D eigenvalue weighted by Gasteiger charge is -2.25. The minimum absolute atomic E-state index is 0.0348. The second kappa shape index (κ2) is 6.41. The fraction of sp³-hybridized carbons (Fsp3) is 0.467. The van der Waals surface area contributed by atoms with Crippen molar-refractivity contribution in [3.05, 3.63) is 18.2 Å². The minimum Gasteiger partial charge on any atom is -0.399 e. The summed E-state index contributed by atoms with van der Waals surface area (Å²) in [4.78, 5) is 18.8. The number of nitrogens with one attached hydrogen (secondary N) is 1. The maximum Gasteiger partial charge on any atom is 0.227 e. The van der Waals surface area contributed by atoms with Gasteiger partial charge >= 0.3 is 0 Å². The third kappa shape index (κ3) is 3.71. The van der Waals surface area contributed by atoms with E-state index in [-0.39, 0.29) is 5.91 Å². The van der Waals surface area contributed by atoms with Crippen LogP contribution in [-0.2, 0) is 4.79 Å². The Hall–Kier alpha value is -1.66. The summed E-state index contributed by atoms with van der Waals surface area (Å²) >= 11 is 1.46. The average molecular weight is 304 g/mol. The second-order valence-corrected chi connectivity index (χ2v) is 6.48. The Morgan fingerprint density at radius 2 is 2.14 bits per heavy atom. The molecule has 1 amide bonds. The maximum absolute atomic E-state index is 12.0. The van der Waals surface area contributed by atoms with Crippen LogP contribution in [0.5, 0.6) is 0 Å². The number of likely N-dealkylation sites (tertiary alicyclic amines) is 1. The van der Waals surface area contributed by atoms with Gasteiger partial charge in [-0.15, -0.1) is 0 Å². The van der Waals surface area contributed by atoms with Gasteiger partial charge in [-0.25, -0.2) is 4.98 Å². The Kier molecular flexibility index (Phi) is 4.36. The van der Waals surface area contributed by atoms with Crippen molar-refractivity contribution in [2.24, 2.45) is 0 Å². The highest BCUT2D eigenvalue weighted by Crippen LogP contribution is 2.27. The number of carbonyl (C=O) groups is 1. The van der Waals surface area contributed by atoms with Gasteiger partial charge in [0.2, 0.25) is 5.91 Å². The summed E-state index contributed by atoms with van der Waals surface area (Å²) in [7, 11) is 0. The molecule has 5 nitrogen and oxygen atoms in total. The molecule has 1 saturated heterocycles. The van der Waals surface area contributed by atoms with E-state index in [9.17, 15) is 4.79 Å². The van der Waals surface area contributed by atoms with Crippen LogP contribution in [0.1, 0.15) is 25.7 Å². The van der Waals surface area contributed by atoms with Gasteiger partial charge in [0.15, 0.2) is 5.13 Å². The molecule has 0 radical (unpaired) electrons. The first-order valence-electron chi connectivity index (χ1n) is 7.39. The monoisotopic (exact) mass is 304 g/mol. The van der Waals surface area contributed by atoms with Gasteiger partial charge in [0, 0.05) is 18.7 Å². The first-order valence-corrected chi connectivity index (χ1v) is 8.21. The summed E-state index contributed by atoms with van der Waals surface area (Å²) in [6, 6.07) is 5.59. The summed E-state index contributed by atoms with van der Waals surface area (Å²) < 4.78 is 1.00. The highest BCUT2D eigenvalue weighted by atomic mass is 32.1. The largest absolute Gasteiger partial charge is 0.399 e. The van der Waals surface area contributed by atoms with E-state index in [0.717, 1.165) is 29.9 Å². The number of rotatable bonds is 4. The second-order valence-electron chi connectivity index (χ2n) is 5.45. The van der Waals surface area contributed by atoms with Crippen molar-refractivity contribution >= 4 is 38.3 Å². The van der Waals surface area contributed by atoms with Crippen LogP contribution >= 0.6 is 11.3 Å². The number of amides is 1. The Morgan fingerprint density at radius 3 is 2.95 bits per heavy atom. The molecule has 6 heteroatoms. The number of benzene rings is 1. The molecule has 1 aliphatic heterocycles. The molecule has 0 bridgehead atoms. The van der Waals surface area contributed by atoms with Gasteiger partial charge in [-0.1, -0.05) is 17.8 Å². The van der Waals surface area contributed by atoms with Crippen molar-refractivity contribution in [2.75, 3.05) is 30.7 Å². The van der Waals surface area contributed by atoms with Crippen molar-refractivity contribution in [3.8, 4) is 0 Å². The molecule has 0 atom stereocenters. The smallest absolute Gasteiger partial charge is 0.227 e. The normalized spacial score (nSPS) is 16.2. The van der Waals surface area contributed by atoms with Gasteiger partial charge in [0.25, 0.3) is 0 Å². The molecular weight excluding hydrogens is 284 g/mol. The predicted octanol–water partition coefficient (Wildman–Crippen LogP) is 2.69. The van der Waals surface area contributed by atoms with Crippen LogP contribution in [0.3, 0.4) is 0 Å². The highest BCUT2D eigenvalue weighted by molar-refractivity contribution is 7.22. The number of nitrogens with zero attached hydrogens (tertiary/aromatic N) is 2. The van der Waals surface area contributed by atoms with E-state index in [1.165, 1.54) is 30.6 Å². The molecule has 2 heterocycles. The lowest BCUT2D eigenvalue weighted by Crippen LogP contribution is -2.32. The summed E-state index contributed by atoms with van der Waals surface area (Å²) in [5.41, 5.74) is 7.34. The van der Waals surface area contributed by atoms with Crippen molar-refractivity contribution in [3.63, 3.8) is 0 Å². The van der Waals surface area contributed by atoms with Crippen LogP contribution < -0.4 is 11.1 Å². The van der Waals surface area contributed by atoms with Crippen LogP contribution in [-0.4, -0.2) is 35.4 Å². The number of piperidine rings is 1. The van der Waals surface area contributed by atoms with E-state index < -0.39 is 0 Å². The number of nitrogen functional groups attached to an aromatic ring is 1. The summed E-state index contributed by atoms with van der Waals surface area (Å²) in [5.74, 6) is 0.0348. The van der Waals surface area contributed by atoms with Gasteiger partial charge < -0.3 is 16.0 Å². The Labute approximate surface area is 128 Å².